The molecular formula is C23H23NO5. The average molecular weight is 393 g/mol. The third-order valence-electron chi connectivity index (χ3n) is 6.62. The fourth-order valence-electron chi connectivity index (χ4n) is 5.40. The Morgan fingerprint density at radius 1 is 1.10 bits per heavy atom. The van der Waals surface area contributed by atoms with Crippen molar-refractivity contribution in [3.05, 3.63) is 59.7 Å². The molecule has 2 aliphatic heterocycles. The standard InChI is InChI=1S/C23H23NO5/c1-22-12-23(13-22,20(25)26)19(29-22)10-24-21(27)28-11-18-16-8-4-2-6-14(16)15-7-3-5-9-17(15)18/h2-9,18-19H,10-13H2,1H3,(H,24,27)(H,25,26). The summed E-state index contributed by atoms with van der Waals surface area (Å²) in [6.07, 6.45) is -0.0885. The molecule has 29 heavy (non-hydrogen) atoms. The fourth-order valence-corrected chi connectivity index (χ4v) is 5.40. The van der Waals surface area contributed by atoms with Gasteiger partial charge in [0, 0.05) is 12.5 Å². The minimum Gasteiger partial charge on any atom is -0.481 e. The first-order valence-electron chi connectivity index (χ1n) is 9.92. The Kier molecular flexibility index (Phi) is 3.96. The molecule has 6 heteroatoms. The van der Waals surface area contributed by atoms with Gasteiger partial charge in [-0.3, -0.25) is 4.79 Å². The van der Waals surface area contributed by atoms with E-state index in [9.17, 15) is 14.7 Å². The van der Waals surface area contributed by atoms with Gasteiger partial charge in [-0.05, 0) is 42.0 Å². The lowest BCUT2D eigenvalue weighted by Gasteiger charge is -2.39. The van der Waals surface area contributed by atoms with Crippen LogP contribution in [0.15, 0.2) is 48.5 Å². The molecule has 0 aromatic heterocycles. The number of hydrogen-bond acceptors (Lipinski definition) is 4. The molecule has 1 saturated carbocycles. The number of carboxylic acid groups (broad SMARTS) is 1. The van der Waals surface area contributed by atoms with Crippen LogP contribution in [0.3, 0.4) is 0 Å². The van der Waals surface area contributed by atoms with Gasteiger partial charge in [0.05, 0.1) is 11.7 Å². The number of alkyl carbamates (subject to hydrolysis) is 1. The number of carboxylic acids is 1. The Bertz CT molecular complexity index is 949. The van der Waals surface area contributed by atoms with E-state index in [0.29, 0.717) is 12.8 Å². The normalized spacial score (nSPS) is 28.9. The van der Waals surface area contributed by atoms with Crippen molar-refractivity contribution in [2.75, 3.05) is 13.2 Å². The van der Waals surface area contributed by atoms with E-state index in [4.69, 9.17) is 9.47 Å². The number of benzene rings is 2. The van der Waals surface area contributed by atoms with Gasteiger partial charge in [-0.25, -0.2) is 4.79 Å². The lowest BCUT2D eigenvalue weighted by atomic mass is 9.60. The van der Waals surface area contributed by atoms with Crippen molar-refractivity contribution in [3.63, 3.8) is 0 Å². The van der Waals surface area contributed by atoms with Gasteiger partial charge in [0.15, 0.2) is 0 Å². The number of aliphatic carboxylic acids is 1. The van der Waals surface area contributed by atoms with E-state index in [1.165, 1.54) is 11.1 Å². The van der Waals surface area contributed by atoms with E-state index in [1.54, 1.807) is 0 Å². The summed E-state index contributed by atoms with van der Waals surface area (Å²) < 4.78 is 11.4. The summed E-state index contributed by atoms with van der Waals surface area (Å²) in [6.45, 7) is 2.28. The van der Waals surface area contributed by atoms with Gasteiger partial charge in [0.2, 0.25) is 0 Å². The van der Waals surface area contributed by atoms with Crippen molar-refractivity contribution < 1.29 is 24.2 Å². The number of fused-ring (bicyclic) bond motifs is 4. The Labute approximate surface area is 168 Å². The molecule has 1 atom stereocenters. The molecule has 1 unspecified atom stereocenters. The highest BCUT2D eigenvalue weighted by Gasteiger charge is 2.69. The third kappa shape index (κ3) is 2.74. The molecule has 2 N–H and O–H groups in total. The molecular weight excluding hydrogens is 370 g/mol. The van der Waals surface area contributed by atoms with Crippen molar-refractivity contribution in [1.29, 1.82) is 0 Å². The summed E-state index contributed by atoms with van der Waals surface area (Å²) in [4.78, 5) is 24.0. The molecule has 2 aromatic rings. The van der Waals surface area contributed by atoms with Crippen molar-refractivity contribution in [2.24, 2.45) is 5.41 Å². The highest BCUT2D eigenvalue weighted by Crippen LogP contribution is 2.61. The van der Waals surface area contributed by atoms with Crippen LogP contribution in [0.4, 0.5) is 4.79 Å². The van der Waals surface area contributed by atoms with Crippen molar-refractivity contribution >= 4 is 12.1 Å². The minimum atomic E-state index is -0.884. The summed E-state index contributed by atoms with van der Waals surface area (Å²) in [6, 6.07) is 16.3. The number of ether oxygens (including phenoxy) is 2. The van der Waals surface area contributed by atoms with Gasteiger partial charge in [-0.2, -0.15) is 0 Å². The zero-order valence-corrected chi connectivity index (χ0v) is 16.2. The second kappa shape index (κ2) is 6.32. The number of nitrogens with one attached hydrogen (secondary N) is 1. The SMILES string of the molecule is CC12CC(C(=O)O)(C1)C(CNC(=O)OCC1c3ccccc3-c3ccccc31)O2. The first-order chi connectivity index (χ1) is 13.9. The molecule has 6 rings (SSSR count). The molecule has 0 spiro atoms. The van der Waals surface area contributed by atoms with Crippen molar-refractivity contribution in [3.8, 4) is 11.1 Å². The number of carbonyl (C=O) groups is 2. The van der Waals surface area contributed by atoms with Crippen LogP contribution in [-0.4, -0.2) is 42.0 Å². The maximum atomic E-state index is 12.3. The molecule has 2 aromatic carbocycles. The predicted molar refractivity (Wildman–Crippen MR) is 106 cm³/mol. The van der Waals surface area contributed by atoms with Crippen LogP contribution >= 0.6 is 0 Å². The van der Waals surface area contributed by atoms with Crippen molar-refractivity contribution in [2.45, 2.75) is 37.4 Å². The smallest absolute Gasteiger partial charge is 0.407 e. The topological polar surface area (TPSA) is 84.9 Å². The van der Waals surface area contributed by atoms with E-state index in [2.05, 4.69) is 29.6 Å². The van der Waals surface area contributed by atoms with Gasteiger partial charge in [-0.15, -0.1) is 0 Å². The summed E-state index contributed by atoms with van der Waals surface area (Å²) in [5, 5.41) is 12.3. The van der Waals surface area contributed by atoms with Gasteiger partial charge >= 0.3 is 12.1 Å². The van der Waals surface area contributed by atoms with Crippen LogP contribution in [0, 0.1) is 5.41 Å². The lowest BCUT2D eigenvalue weighted by molar-refractivity contribution is -0.154. The van der Waals surface area contributed by atoms with Gasteiger partial charge in [0.25, 0.3) is 0 Å². The molecule has 1 amide bonds. The summed E-state index contributed by atoms with van der Waals surface area (Å²) in [5.74, 6) is -0.861. The zero-order chi connectivity index (χ0) is 20.2. The largest absolute Gasteiger partial charge is 0.481 e. The molecule has 0 radical (unpaired) electrons. The highest BCUT2D eigenvalue weighted by molar-refractivity contribution is 5.80. The lowest BCUT2D eigenvalue weighted by Crippen LogP contribution is -2.50. The Morgan fingerprint density at radius 2 is 1.69 bits per heavy atom. The van der Waals surface area contributed by atoms with Gasteiger partial charge in [-0.1, -0.05) is 48.5 Å². The van der Waals surface area contributed by atoms with Crippen LogP contribution in [0.5, 0.6) is 0 Å². The van der Waals surface area contributed by atoms with Gasteiger partial charge < -0.3 is 19.9 Å². The van der Waals surface area contributed by atoms with Gasteiger partial charge in [0.1, 0.15) is 12.0 Å². The molecule has 2 heterocycles. The molecule has 2 saturated heterocycles. The van der Waals surface area contributed by atoms with E-state index in [1.807, 2.05) is 31.2 Å². The van der Waals surface area contributed by atoms with Crippen LogP contribution in [0.1, 0.15) is 36.8 Å². The van der Waals surface area contributed by atoms with Crippen molar-refractivity contribution in [1.82, 2.24) is 5.32 Å². The second-order valence-corrected chi connectivity index (χ2v) is 8.58. The molecule has 3 fully saturated rings. The monoisotopic (exact) mass is 393 g/mol. The fraction of sp³-hybridized carbons (Fsp3) is 0.391. The summed E-state index contributed by atoms with van der Waals surface area (Å²) in [7, 11) is 0. The summed E-state index contributed by atoms with van der Waals surface area (Å²) in [5.41, 5.74) is 3.39. The Balaban J connectivity index is 1.23. The van der Waals surface area contributed by atoms with Crippen LogP contribution in [0.2, 0.25) is 0 Å². The number of rotatable bonds is 5. The van der Waals surface area contributed by atoms with E-state index in [-0.39, 0.29) is 24.7 Å². The maximum absolute atomic E-state index is 12.3. The predicted octanol–water partition coefficient (Wildman–Crippen LogP) is 3.55. The zero-order valence-electron chi connectivity index (χ0n) is 16.2. The van der Waals surface area contributed by atoms with Crippen LogP contribution in [-0.2, 0) is 14.3 Å². The molecule has 150 valence electrons. The number of amides is 1. The van der Waals surface area contributed by atoms with Crippen LogP contribution in [0.25, 0.3) is 11.1 Å². The molecule has 2 aliphatic carbocycles. The quantitative estimate of drug-likeness (QED) is 0.812. The molecule has 6 nitrogen and oxygen atoms in total. The van der Waals surface area contributed by atoms with E-state index >= 15 is 0 Å². The molecule has 4 aliphatic rings. The Hall–Kier alpha value is -2.86. The average Bonchev–Trinajstić information content (AvgIpc) is 3.28. The van der Waals surface area contributed by atoms with E-state index in [0.717, 1.165) is 11.1 Å². The Morgan fingerprint density at radius 3 is 2.28 bits per heavy atom. The summed E-state index contributed by atoms with van der Waals surface area (Å²) >= 11 is 0. The minimum absolute atomic E-state index is 0.00651. The number of hydrogen-bond donors (Lipinski definition) is 2. The second-order valence-electron chi connectivity index (χ2n) is 8.58. The first kappa shape index (κ1) is 18.2. The number of carbonyl (C=O) groups excluding carboxylic acids is 1. The highest BCUT2D eigenvalue weighted by atomic mass is 16.6. The van der Waals surface area contributed by atoms with E-state index < -0.39 is 23.6 Å². The first-order valence-corrected chi connectivity index (χ1v) is 9.92. The maximum Gasteiger partial charge on any atom is 0.407 e. The van der Waals surface area contributed by atoms with Crippen LogP contribution < -0.4 is 5.32 Å². The third-order valence-corrected chi connectivity index (χ3v) is 6.62. The molecule has 2 bridgehead atoms.